The van der Waals surface area contributed by atoms with E-state index in [-0.39, 0.29) is 5.91 Å². The van der Waals surface area contributed by atoms with E-state index in [2.05, 4.69) is 32.8 Å². The van der Waals surface area contributed by atoms with E-state index >= 15 is 0 Å². The van der Waals surface area contributed by atoms with Crippen LogP contribution < -0.4 is 14.8 Å². The summed E-state index contributed by atoms with van der Waals surface area (Å²) in [5.74, 6) is 1.35. The fourth-order valence-electron chi connectivity index (χ4n) is 2.41. The predicted octanol–water partition coefficient (Wildman–Crippen LogP) is 5.30. The molecule has 5 nitrogen and oxygen atoms in total. The molecule has 1 heterocycles. The quantitative estimate of drug-likeness (QED) is 0.451. The van der Waals surface area contributed by atoms with Crippen molar-refractivity contribution < 1.29 is 14.3 Å². The lowest BCUT2D eigenvalue weighted by Crippen LogP contribution is -2.19. The summed E-state index contributed by atoms with van der Waals surface area (Å²) < 4.78 is 11.8. The van der Waals surface area contributed by atoms with Crippen molar-refractivity contribution in [1.29, 1.82) is 0 Å². The van der Waals surface area contributed by atoms with E-state index in [9.17, 15) is 4.79 Å². The Labute approximate surface area is 176 Å². The van der Waals surface area contributed by atoms with Crippen LogP contribution in [-0.2, 0) is 4.79 Å². The Morgan fingerprint density at radius 1 is 1.21 bits per heavy atom. The van der Waals surface area contributed by atoms with Crippen LogP contribution in [0.3, 0.4) is 0 Å². The Balaban J connectivity index is 1.73. The molecule has 0 aromatic heterocycles. The number of benzene rings is 2. The number of amides is 1. The Kier molecular flexibility index (Phi) is 6.95. The summed E-state index contributed by atoms with van der Waals surface area (Å²) in [5.41, 5.74) is 1.64. The van der Waals surface area contributed by atoms with Crippen molar-refractivity contribution in [2.75, 3.05) is 13.2 Å². The van der Waals surface area contributed by atoms with Crippen molar-refractivity contribution in [3.05, 3.63) is 70.1 Å². The maximum absolute atomic E-state index is 12.3. The molecule has 2 aromatic rings. The van der Waals surface area contributed by atoms with Crippen molar-refractivity contribution in [1.82, 2.24) is 5.32 Å². The van der Waals surface area contributed by atoms with Crippen LogP contribution in [0.25, 0.3) is 6.08 Å². The van der Waals surface area contributed by atoms with Crippen molar-refractivity contribution in [3.8, 4) is 11.5 Å². The summed E-state index contributed by atoms with van der Waals surface area (Å²) in [6.45, 7) is 6.62. The number of hydrogen-bond donors (Lipinski definition) is 1. The second-order valence-corrected chi connectivity index (χ2v) is 7.58. The van der Waals surface area contributed by atoms with Gasteiger partial charge in [-0.2, -0.15) is 0 Å². The molecule has 1 amide bonds. The first-order chi connectivity index (χ1) is 13.6. The average molecular weight is 459 g/mol. The fourth-order valence-corrected chi connectivity index (χ4v) is 3.76. The largest absolute Gasteiger partial charge is 0.494 e. The molecule has 0 unspecified atom stereocenters. The number of carbonyl (C=O) groups excluding carboxylic acids is 1. The van der Waals surface area contributed by atoms with E-state index in [1.165, 1.54) is 11.8 Å². The number of aliphatic imine (C=N–C) groups is 1. The number of thioether (sulfide) groups is 1. The molecule has 1 aliphatic heterocycles. The smallest absolute Gasteiger partial charge is 0.264 e. The van der Waals surface area contributed by atoms with Gasteiger partial charge < -0.3 is 14.8 Å². The van der Waals surface area contributed by atoms with E-state index < -0.39 is 0 Å². The van der Waals surface area contributed by atoms with E-state index in [0.717, 1.165) is 27.2 Å². The molecule has 0 atom stereocenters. The van der Waals surface area contributed by atoms with Crippen LogP contribution in [0, 0.1) is 0 Å². The summed E-state index contributed by atoms with van der Waals surface area (Å²) in [6.07, 6.45) is 3.51. The summed E-state index contributed by atoms with van der Waals surface area (Å²) in [6, 6.07) is 13.1. The number of amidine groups is 1. The predicted molar refractivity (Wildman–Crippen MR) is 118 cm³/mol. The lowest BCUT2D eigenvalue weighted by atomic mass is 10.2. The minimum absolute atomic E-state index is 0.169. The van der Waals surface area contributed by atoms with Gasteiger partial charge in [-0.1, -0.05) is 18.7 Å². The van der Waals surface area contributed by atoms with E-state index in [1.807, 2.05) is 55.5 Å². The normalized spacial score (nSPS) is 16.3. The highest BCUT2D eigenvalue weighted by Gasteiger charge is 2.23. The third-order valence-corrected chi connectivity index (χ3v) is 5.17. The Hall–Kier alpha value is -2.51. The molecular weight excluding hydrogens is 440 g/mol. The van der Waals surface area contributed by atoms with Gasteiger partial charge in [0.15, 0.2) is 5.17 Å². The molecule has 1 saturated heterocycles. The van der Waals surface area contributed by atoms with Crippen LogP contribution in [0.4, 0.5) is 5.69 Å². The molecule has 1 aliphatic rings. The number of nitrogens with one attached hydrogen (secondary N) is 1. The van der Waals surface area contributed by atoms with Gasteiger partial charge in [0.1, 0.15) is 18.1 Å². The molecule has 144 valence electrons. The lowest BCUT2D eigenvalue weighted by molar-refractivity contribution is -0.115. The van der Waals surface area contributed by atoms with Gasteiger partial charge in [-0.25, -0.2) is 4.99 Å². The molecule has 0 bridgehead atoms. The fraction of sp³-hybridized carbons (Fsp3) is 0.143. The molecular formula is C21H19BrN2O3S. The van der Waals surface area contributed by atoms with Crippen molar-refractivity contribution >= 4 is 50.5 Å². The summed E-state index contributed by atoms with van der Waals surface area (Å²) in [4.78, 5) is 17.3. The number of ether oxygens (including phenoxy) is 2. The van der Waals surface area contributed by atoms with Gasteiger partial charge in [-0.05, 0) is 82.7 Å². The minimum atomic E-state index is -0.169. The monoisotopic (exact) mass is 458 g/mol. The third kappa shape index (κ3) is 5.27. The van der Waals surface area contributed by atoms with Gasteiger partial charge in [-0.15, -0.1) is 0 Å². The van der Waals surface area contributed by atoms with Gasteiger partial charge in [0.25, 0.3) is 5.91 Å². The highest BCUT2D eigenvalue weighted by molar-refractivity contribution is 9.10. The average Bonchev–Trinajstić information content (AvgIpc) is 3.02. The number of halogens is 1. The summed E-state index contributed by atoms with van der Waals surface area (Å²) >= 11 is 4.79. The van der Waals surface area contributed by atoms with E-state index in [4.69, 9.17) is 9.47 Å². The zero-order valence-electron chi connectivity index (χ0n) is 15.3. The second-order valence-electron chi connectivity index (χ2n) is 5.70. The number of carbonyl (C=O) groups is 1. The van der Waals surface area contributed by atoms with Crippen LogP contribution in [0.15, 0.2) is 69.5 Å². The standard InChI is InChI=1S/C21H19BrN2O3S/c1-3-11-27-18-10-5-14(12-17(18)22)13-19-20(25)24-21(28-19)23-15-6-8-16(9-7-15)26-4-2/h3,5-10,12-13H,1,4,11H2,2H3,(H,23,24,25)/b19-13+. The molecule has 3 rings (SSSR count). The van der Waals surface area contributed by atoms with Crippen LogP contribution in [-0.4, -0.2) is 24.3 Å². The first-order valence-corrected chi connectivity index (χ1v) is 10.3. The Morgan fingerprint density at radius 2 is 2.00 bits per heavy atom. The van der Waals surface area contributed by atoms with Crippen molar-refractivity contribution in [3.63, 3.8) is 0 Å². The maximum atomic E-state index is 12.3. The molecule has 28 heavy (non-hydrogen) atoms. The van der Waals surface area contributed by atoms with Gasteiger partial charge in [0.2, 0.25) is 0 Å². The molecule has 2 aromatic carbocycles. The SMILES string of the molecule is C=CCOc1ccc(/C=C2/SC(=Nc3ccc(OCC)cc3)NC2=O)cc1Br. The number of nitrogens with zero attached hydrogens (tertiary/aromatic N) is 1. The molecule has 0 spiro atoms. The summed E-state index contributed by atoms with van der Waals surface area (Å²) in [5, 5.41) is 3.34. The molecule has 1 fully saturated rings. The Bertz CT molecular complexity index is 939. The van der Waals surface area contributed by atoms with Crippen LogP contribution >= 0.6 is 27.7 Å². The van der Waals surface area contributed by atoms with Crippen LogP contribution in [0.1, 0.15) is 12.5 Å². The second kappa shape index (κ2) is 9.61. The molecule has 0 radical (unpaired) electrons. The van der Waals surface area contributed by atoms with Crippen LogP contribution in [0.5, 0.6) is 11.5 Å². The van der Waals surface area contributed by atoms with Gasteiger partial charge in [-0.3, -0.25) is 4.79 Å². The van der Waals surface area contributed by atoms with Gasteiger partial charge in [0, 0.05) is 0 Å². The van der Waals surface area contributed by atoms with E-state index in [0.29, 0.717) is 23.3 Å². The topological polar surface area (TPSA) is 59.9 Å². The zero-order chi connectivity index (χ0) is 19.9. The lowest BCUT2D eigenvalue weighted by Gasteiger charge is -2.06. The number of hydrogen-bond acceptors (Lipinski definition) is 5. The highest BCUT2D eigenvalue weighted by Crippen LogP contribution is 2.31. The number of rotatable bonds is 7. The molecule has 7 heteroatoms. The van der Waals surface area contributed by atoms with Crippen molar-refractivity contribution in [2.24, 2.45) is 4.99 Å². The van der Waals surface area contributed by atoms with Crippen LogP contribution in [0.2, 0.25) is 0 Å². The molecule has 0 saturated carbocycles. The Morgan fingerprint density at radius 3 is 2.68 bits per heavy atom. The first-order valence-electron chi connectivity index (χ1n) is 8.64. The van der Waals surface area contributed by atoms with E-state index in [1.54, 1.807) is 6.08 Å². The highest BCUT2D eigenvalue weighted by atomic mass is 79.9. The molecule has 1 N–H and O–H groups in total. The first kappa shape index (κ1) is 20.2. The molecule has 0 aliphatic carbocycles. The van der Waals surface area contributed by atoms with Crippen molar-refractivity contribution in [2.45, 2.75) is 6.92 Å². The zero-order valence-corrected chi connectivity index (χ0v) is 17.7. The summed E-state index contributed by atoms with van der Waals surface area (Å²) in [7, 11) is 0. The van der Waals surface area contributed by atoms with Gasteiger partial charge in [0.05, 0.1) is 21.7 Å². The minimum Gasteiger partial charge on any atom is -0.494 e. The van der Waals surface area contributed by atoms with Gasteiger partial charge >= 0.3 is 0 Å². The maximum Gasteiger partial charge on any atom is 0.264 e. The third-order valence-electron chi connectivity index (χ3n) is 3.64.